The molecule has 1 heterocycles. The van der Waals surface area contributed by atoms with Gasteiger partial charge in [0.25, 0.3) is 0 Å². The lowest BCUT2D eigenvalue weighted by molar-refractivity contribution is 0.167. The number of sulfone groups is 1. The average molecular weight is 293 g/mol. The van der Waals surface area contributed by atoms with E-state index < -0.39 is 15.9 Å². The Hall–Kier alpha value is -1.46. The minimum absolute atomic E-state index is 0.135. The van der Waals surface area contributed by atoms with E-state index in [-0.39, 0.29) is 11.5 Å². The van der Waals surface area contributed by atoms with Crippen molar-refractivity contribution in [2.45, 2.75) is 25.9 Å². The maximum Gasteiger partial charge on any atom is 0.150 e. The van der Waals surface area contributed by atoms with Crippen LogP contribution in [0.5, 0.6) is 0 Å². The number of hydrogen-bond donors (Lipinski definition) is 1. The molecule has 0 amide bonds. The van der Waals surface area contributed by atoms with Crippen molar-refractivity contribution in [3.05, 3.63) is 42.1 Å². The summed E-state index contributed by atoms with van der Waals surface area (Å²) in [5.41, 5.74) is 1.69. The van der Waals surface area contributed by atoms with E-state index in [1.54, 1.807) is 13.1 Å². The molecule has 1 aromatic carbocycles. The monoisotopic (exact) mass is 293 g/mol. The van der Waals surface area contributed by atoms with Gasteiger partial charge in [0.1, 0.15) is 9.84 Å². The van der Waals surface area contributed by atoms with Gasteiger partial charge in [0.2, 0.25) is 0 Å². The Balaban J connectivity index is 2.02. The first kappa shape index (κ1) is 14.9. The van der Waals surface area contributed by atoms with E-state index in [0.29, 0.717) is 12.8 Å². The van der Waals surface area contributed by atoms with Crippen molar-refractivity contribution in [1.82, 2.24) is 4.98 Å². The van der Waals surface area contributed by atoms with Gasteiger partial charge in [0, 0.05) is 17.3 Å². The molecule has 1 atom stereocenters. The molecule has 0 saturated heterocycles. The van der Waals surface area contributed by atoms with Crippen LogP contribution in [0.2, 0.25) is 0 Å². The van der Waals surface area contributed by atoms with Gasteiger partial charge >= 0.3 is 0 Å². The van der Waals surface area contributed by atoms with Gasteiger partial charge in [0.15, 0.2) is 0 Å². The fourth-order valence-electron chi connectivity index (χ4n) is 2.11. The van der Waals surface area contributed by atoms with Gasteiger partial charge in [-0.05, 0) is 36.6 Å². The first-order valence-electron chi connectivity index (χ1n) is 6.75. The van der Waals surface area contributed by atoms with Crippen molar-refractivity contribution in [3.8, 4) is 0 Å². The summed E-state index contributed by atoms with van der Waals surface area (Å²) in [6, 6.07) is 9.42. The molecule has 0 fully saturated rings. The van der Waals surface area contributed by atoms with E-state index in [0.717, 1.165) is 16.5 Å². The fraction of sp³-hybridized carbons (Fsp3) is 0.400. The smallest absolute Gasteiger partial charge is 0.150 e. The number of aromatic nitrogens is 1. The average Bonchev–Trinajstić information content (AvgIpc) is 2.46. The Labute approximate surface area is 119 Å². The van der Waals surface area contributed by atoms with Crippen molar-refractivity contribution < 1.29 is 13.5 Å². The van der Waals surface area contributed by atoms with Crippen LogP contribution in [-0.2, 0) is 9.84 Å². The maximum atomic E-state index is 11.4. The van der Waals surface area contributed by atoms with Gasteiger partial charge in [-0.1, -0.05) is 19.1 Å². The molecule has 2 aromatic rings. The predicted octanol–water partition coefficient (Wildman–Crippen LogP) is 2.48. The number of hydrogen-bond acceptors (Lipinski definition) is 4. The van der Waals surface area contributed by atoms with Crippen LogP contribution >= 0.6 is 0 Å². The molecule has 108 valence electrons. The van der Waals surface area contributed by atoms with Crippen molar-refractivity contribution in [2.75, 3.05) is 11.5 Å². The van der Waals surface area contributed by atoms with E-state index in [1.165, 1.54) is 0 Å². The number of pyridine rings is 1. The topological polar surface area (TPSA) is 67.3 Å². The third kappa shape index (κ3) is 3.77. The van der Waals surface area contributed by atoms with E-state index >= 15 is 0 Å². The van der Waals surface area contributed by atoms with E-state index in [9.17, 15) is 13.5 Å². The van der Waals surface area contributed by atoms with Crippen LogP contribution in [0.15, 0.2) is 36.5 Å². The zero-order valence-electron chi connectivity index (χ0n) is 11.5. The third-order valence-electron chi connectivity index (χ3n) is 3.38. The summed E-state index contributed by atoms with van der Waals surface area (Å²) in [6.07, 6.45) is 2.02. The largest absolute Gasteiger partial charge is 0.388 e. The molecule has 1 unspecified atom stereocenters. The number of aliphatic hydroxyl groups is 1. The Morgan fingerprint density at radius 1 is 1.30 bits per heavy atom. The molecule has 0 saturated carbocycles. The number of rotatable bonds is 6. The number of fused-ring (bicyclic) bond motifs is 1. The van der Waals surface area contributed by atoms with E-state index in [2.05, 4.69) is 4.98 Å². The normalized spacial score (nSPS) is 13.5. The summed E-state index contributed by atoms with van der Waals surface area (Å²) in [5, 5.41) is 11.1. The summed E-state index contributed by atoms with van der Waals surface area (Å²) in [4.78, 5) is 4.23. The SMILES string of the molecule is CCS(=O)(=O)CCCC(O)c1ccc2ncccc2c1. The molecule has 4 nitrogen and oxygen atoms in total. The quantitative estimate of drug-likeness (QED) is 0.888. The summed E-state index contributed by atoms with van der Waals surface area (Å²) >= 11 is 0. The van der Waals surface area contributed by atoms with Gasteiger partial charge in [-0.3, -0.25) is 4.98 Å². The molecule has 5 heteroatoms. The predicted molar refractivity (Wildman–Crippen MR) is 80.3 cm³/mol. The summed E-state index contributed by atoms with van der Waals surface area (Å²) < 4.78 is 22.8. The Morgan fingerprint density at radius 2 is 2.10 bits per heavy atom. The second-order valence-electron chi connectivity index (χ2n) is 4.85. The van der Waals surface area contributed by atoms with Crippen LogP contribution in [0.3, 0.4) is 0 Å². The molecular weight excluding hydrogens is 274 g/mol. The first-order valence-corrected chi connectivity index (χ1v) is 8.57. The molecule has 1 aromatic heterocycles. The minimum atomic E-state index is -2.95. The van der Waals surface area contributed by atoms with Crippen molar-refractivity contribution in [3.63, 3.8) is 0 Å². The van der Waals surface area contributed by atoms with Gasteiger partial charge in [0.05, 0.1) is 17.4 Å². The van der Waals surface area contributed by atoms with Crippen molar-refractivity contribution in [1.29, 1.82) is 0 Å². The van der Waals surface area contributed by atoms with Crippen LogP contribution < -0.4 is 0 Å². The fourth-order valence-corrected chi connectivity index (χ4v) is 3.00. The zero-order valence-corrected chi connectivity index (χ0v) is 12.3. The van der Waals surface area contributed by atoms with Crippen LogP contribution in [0.25, 0.3) is 10.9 Å². The second-order valence-corrected chi connectivity index (χ2v) is 7.32. The molecule has 0 spiro atoms. The van der Waals surface area contributed by atoms with Crippen LogP contribution in [0, 0.1) is 0 Å². The van der Waals surface area contributed by atoms with E-state index in [1.807, 2.05) is 30.3 Å². The lowest BCUT2D eigenvalue weighted by atomic mass is 10.0. The molecule has 20 heavy (non-hydrogen) atoms. The molecule has 2 rings (SSSR count). The summed E-state index contributed by atoms with van der Waals surface area (Å²) in [7, 11) is -2.95. The summed E-state index contributed by atoms with van der Waals surface area (Å²) in [5.74, 6) is 0.292. The lowest BCUT2D eigenvalue weighted by Crippen LogP contribution is -2.10. The number of aliphatic hydroxyl groups excluding tert-OH is 1. The van der Waals surface area contributed by atoms with E-state index in [4.69, 9.17) is 0 Å². The Kier molecular flexibility index (Phi) is 4.73. The first-order chi connectivity index (χ1) is 9.52. The number of benzene rings is 1. The highest BCUT2D eigenvalue weighted by atomic mass is 32.2. The van der Waals surface area contributed by atoms with Crippen molar-refractivity contribution >= 4 is 20.7 Å². The standard InChI is InChI=1S/C15H19NO3S/c1-2-20(18,19)10-4-6-15(17)13-7-8-14-12(11-13)5-3-9-16-14/h3,5,7-9,11,15,17H,2,4,6,10H2,1H3. The molecule has 0 aliphatic carbocycles. The van der Waals surface area contributed by atoms with Gasteiger partial charge in [-0.15, -0.1) is 0 Å². The highest BCUT2D eigenvalue weighted by molar-refractivity contribution is 7.91. The third-order valence-corrected chi connectivity index (χ3v) is 5.17. The highest BCUT2D eigenvalue weighted by Crippen LogP contribution is 2.22. The van der Waals surface area contributed by atoms with Crippen LogP contribution in [0.4, 0.5) is 0 Å². The van der Waals surface area contributed by atoms with Crippen molar-refractivity contribution in [2.24, 2.45) is 0 Å². The molecule has 1 N–H and O–H groups in total. The van der Waals surface area contributed by atoms with Gasteiger partial charge in [-0.2, -0.15) is 0 Å². The zero-order chi connectivity index (χ0) is 14.6. The van der Waals surface area contributed by atoms with Gasteiger partial charge < -0.3 is 5.11 Å². The van der Waals surface area contributed by atoms with Gasteiger partial charge in [-0.25, -0.2) is 8.42 Å². The second kappa shape index (κ2) is 6.33. The maximum absolute atomic E-state index is 11.4. The summed E-state index contributed by atoms with van der Waals surface area (Å²) in [6.45, 7) is 1.64. The van der Waals surface area contributed by atoms with Crippen LogP contribution in [0.1, 0.15) is 31.4 Å². The minimum Gasteiger partial charge on any atom is -0.388 e. The Morgan fingerprint density at radius 3 is 2.85 bits per heavy atom. The highest BCUT2D eigenvalue weighted by Gasteiger charge is 2.12. The Bertz CT molecular complexity index is 682. The molecular formula is C15H19NO3S. The molecule has 0 aliphatic heterocycles. The molecule has 0 bridgehead atoms. The number of nitrogens with zero attached hydrogens (tertiary/aromatic N) is 1. The van der Waals surface area contributed by atoms with Crippen LogP contribution in [-0.4, -0.2) is 30.0 Å². The lowest BCUT2D eigenvalue weighted by Gasteiger charge is -2.11. The molecule has 0 radical (unpaired) electrons. The molecule has 0 aliphatic rings.